The number of ether oxygens (including phenoxy) is 2. The maximum atomic E-state index is 11.9. The van der Waals surface area contributed by atoms with Crippen LogP contribution in [0.1, 0.15) is 44.2 Å². The lowest BCUT2D eigenvalue weighted by Gasteiger charge is -2.32. The predicted molar refractivity (Wildman–Crippen MR) is 97.2 cm³/mol. The molecular weight excluding hydrogens is 363 g/mol. The number of esters is 1. The molecule has 4 nitrogen and oxygen atoms in total. The van der Waals surface area contributed by atoms with Gasteiger partial charge in [-0.15, -0.1) is 0 Å². The fourth-order valence-electron chi connectivity index (χ4n) is 3.79. The first-order chi connectivity index (χ1) is 11.9. The number of hydrogen-bond donors (Lipinski definition) is 0. The van der Waals surface area contributed by atoms with Crippen molar-refractivity contribution in [2.24, 2.45) is 5.41 Å². The fourth-order valence-corrected chi connectivity index (χ4v) is 4.31. The summed E-state index contributed by atoms with van der Waals surface area (Å²) in [4.78, 5) is 23.5. The summed E-state index contributed by atoms with van der Waals surface area (Å²) in [5.41, 5.74) is 2.79. The van der Waals surface area contributed by atoms with E-state index in [1.807, 2.05) is 6.07 Å². The Labute approximate surface area is 157 Å². The molecule has 3 rings (SSSR count). The quantitative estimate of drug-likeness (QED) is 0.696. The van der Waals surface area contributed by atoms with Gasteiger partial charge in [0.05, 0.1) is 11.6 Å². The summed E-state index contributed by atoms with van der Waals surface area (Å²) >= 11 is 12.9. The van der Waals surface area contributed by atoms with Gasteiger partial charge in [0.2, 0.25) is 0 Å². The van der Waals surface area contributed by atoms with E-state index in [9.17, 15) is 9.59 Å². The largest absolute Gasteiger partial charge is 0.480 e. The molecule has 0 aliphatic heterocycles. The lowest BCUT2D eigenvalue weighted by molar-refractivity contribution is -0.145. The van der Waals surface area contributed by atoms with Gasteiger partial charge in [-0.1, -0.05) is 30.1 Å². The number of rotatable bonds is 5. The zero-order valence-electron chi connectivity index (χ0n) is 14.3. The van der Waals surface area contributed by atoms with E-state index in [1.54, 1.807) is 13.0 Å². The number of fused-ring (bicyclic) bond motifs is 3. The van der Waals surface area contributed by atoms with Gasteiger partial charge >= 0.3 is 5.97 Å². The number of halogens is 2. The van der Waals surface area contributed by atoms with Crippen LogP contribution in [0.25, 0.3) is 5.57 Å². The Bertz CT molecular complexity index is 769. The summed E-state index contributed by atoms with van der Waals surface area (Å²) in [5, 5.41) is 0.643. The summed E-state index contributed by atoms with van der Waals surface area (Å²) < 4.78 is 10.4. The second-order valence-corrected chi connectivity index (χ2v) is 7.22. The maximum absolute atomic E-state index is 11.9. The third-order valence-electron chi connectivity index (χ3n) is 5.11. The van der Waals surface area contributed by atoms with E-state index in [-0.39, 0.29) is 22.8 Å². The second-order valence-electron chi connectivity index (χ2n) is 6.47. The van der Waals surface area contributed by atoms with Gasteiger partial charge in [-0.2, -0.15) is 0 Å². The minimum atomic E-state index is -0.456. The van der Waals surface area contributed by atoms with Crippen LogP contribution in [0.4, 0.5) is 0 Å². The van der Waals surface area contributed by atoms with Gasteiger partial charge in [0.1, 0.15) is 10.8 Å². The maximum Gasteiger partial charge on any atom is 0.344 e. The number of benzene rings is 1. The number of hydrogen-bond acceptors (Lipinski definition) is 4. The molecule has 25 heavy (non-hydrogen) atoms. The third kappa shape index (κ3) is 3.18. The molecule has 0 heterocycles. The van der Waals surface area contributed by atoms with Crippen LogP contribution in [-0.4, -0.2) is 25.0 Å². The smallest absolute Gasteiger partial charge is 0.344 e. The molecule has 0 spiro atoms. The predicted octanol–water partition coefficient (Wildman–Crippen LogP) is 4.63. The number of ketones is 1. The molecule has 0 aromatic heterocycles. The normalized spacial score (nSPS) is 21.4. The van der Waals surface area contributed by atoms with Crippen LogP contribution >= 0.6 is 23.2 Å². The van der Waals surface area contributed by atoms with E-state index in [2.05, 4.69) is 6.92 Å². The van der Waals surface area contributed by atoms with Crippen molar-refractivity contribution < 1.29 is 19.1 Å². The molecule has 6 heteroatoms. The van der Waals surface area contributed by atoms with Gasteiger partial charge in [0, 0.05) is 17.4 Å². The van der Waals surface area contributed by atoms with E-state index in [0.29, 0.717) is 23.8 Å². The highest BCUT2D eigenvalue weighted by Gasteiger charge is 2.44. The Kier molecular flexibility index (Phi) is 5.12. The molecule has 0 bridgehead atoms. The van der Waals surface area contributed by atoms with E-state index in [0.717, 1.165) is 36.0 Å². The lowest BCUT2D eigenvalue weighted by Crippen LogP contribution is -2.24. The van der Waals surface area contributed by atoms with Gasteiger partial charge in [-0.05, 0) is 49.5 Å². The van der Waals surface area contributed by atoms with Gasteiger partial charge in [0.15, 0.2) is 12.4 Å². The van der Waals surface area contributed by atoms with Crippen molar-refractivity contribution in [3.8, 4) is 5.75 Å². The van der Waals surface area contributed by atoms with Crippen molar-refractivity contribution in [1.29, 1.82) is 0 Å². The van der Waals surface area contributed by atoms with E-state index in [1.165, 1.54) is 0 Å². The highest BCUT2D eigenvalue weighted by molar-refractivity contribution is 6.44. The minimum Gasteiger partial charge on any atom is -0.480 e. The lowest BCUT2D eigenvalue weighted by atomic mass is 9.71. The molecule has 0 radical (unpaired) electrons. The van der Waals surface area contributed by atoms with E-state index >= 15 is 0 Å². The summed E-state index contributed by atoms with van der Waals surface area (Å²) in [7, 11) is 0. The van der Waals surface area contributed by atoms with E-state index < -0.39 is 5.97 Å². The SMILES string of the molecule is CCOC(=O)COc1cc2c(c(Cl)c1Cl)C1=CC(=O)CCC1(CC)C2. The molecule has 1 aromatic carbocycles. The van der Waals surface area contributed by atoms with Crippen molar-refractivity contribution in [1.82, 2.24) is 0 Å². The van der Waals surface area contributed by atoms with Crippen molar-refractivity contribution in [3.05, 3.63) is 33.3 Å². The first kappa shape index (κ1) is 18.3. The van der Waals surface area contributed by atoms with Crippen molar-refractivity contribution in [2.75, 3.05) is 13.2 Å². The van der Waals surface area contributed by atoms with Crippen LogP contribution in [0.3, 0.4) is 0 Å². The van der Waals surface area contributed by atoms with Gasteiger partial charge in [-0.25, -0.2) is 4.79 Å². The first-order valence-electron chi connectivity index (χ1n) is 8.46. The summed E-state index contributed by atoms with van der Waals surface area (Å²) in [6, 6.07) is 1.84. The van der Waals surface area contributed by atoms with Gasteiger partial charge < -0.3 is 9.47 Å². The molecule has 0 N–H and O–H groups in total. The minimum absolute atomic E-state index is 0.0665. The Balaban J connectivity index is 1.98. The monoisotopic (exact) mass is 382 g/mol. The first-order valence-corrected chi connectivity index (χ1v) is 9.22. The topological polar surface area (TPSA) is 52.6 Å². The van der Waals surface area contributed by atoms with Crippen LogP contribution in [0.15, 0.2) is 12.1 Å². The molecule has 0 amide bonds. The molecule has 134 valence electrons. The molecule has 2 aliphatic rings. The second kappa shape index (κ2) is 7.00. The van der Waals surface area contributed by atoms with Gasteiger partial charge in [0.25, 0.3) is 0 Å². The molecule has 0 fully saturated rings. The van der Waals surface area contributed by atoms with Crippen LogP contribution in [0.2, 0.25) is 10.0 Å². The Morgan fingerprint density at radius 2 is 2.04 bits per heavy atom. The average Bonchev–Trinajstić information content (AvgIpc) is 2.91. The Morgan fingerprint density at radius 3 is 2.72 bits per heavy atom. The van der Waals surface area contributed by atoms with Crippen molar-refractivity contribution in [3.63, 3.8) is 0 Å². The van der Waals surface area contributed by atoms with Crippen LogP contribution < -0.4 is 4.74 Å². The Morgan fingerprint density at radius 1 is 1.28 bits per heavy atom. The Hall–Kier alpha value is -1.52. The molecule has 0 saturated heterocycles. The highest BCUT2D eigenvalue weighted by atomic mass is 35.5. The van der Waals surface area contributed by atoms with E-state index in [4.69, 9.17) is 32.7 Å². The number of carbonyl (C=O) groups excluding carboxylic acids is 2. The highest BCUT2D eigenvalue weighted by Crippen LogP contribution is 2.57. The molecule has 0 saturated carbocycles. The number of carbonyl (C=O) groups is 2. The van der Waals surface area contributed by atoms with Gasteiger partial charge in [-0.3, -0.25) is 4.79 Å². The summed E-state index contributed by atoms with van der Waals surface area (Å²) in [6.45, 7) is 3.94. The number of allylic oxidation sites excluding steroid dienone is 2. The molecular formula is C19H20Cl2O4. The zero-order chi connectivity index (χ0) is 18.2. The summed E-state index contributed by atoms with van der Waals surface area (Å²) in [6.07, 6.45) is 4.82. The fraction of sp³-hybridized carbons (Fsp3) is 0.474. The molecule has 1 atom stereocenters. The third-order valence-corrected chi connectivity index (χ3v) is 5.96. The van der Waals surface area contributed by atoms with Crippen LogP contribution in [0, 0.1) is 5.41 Å². The van der Waals surface area contributed by atoms with Crippen molar-refractivity contribution >= 4 is 40.5 Å². The van der Waals surface area contributed by atoms with Crippen molar-refractivity contribution in [2.45, 2.75) is 39.5 Å². The van der Waals surface area contributed by atoms with Crippen LogP contribution in [0.5, 0.6) is 5.75 Å². The summed E-state index contributed by atoms with van der Waals surface area (Å²) in [5.74, 6) is 0.0410. The molecule has 1 unspecified atom stereocenters. The zero-order valence-corrected chi connectivity index (χ0v) is 15.8. The average molecular weight is 383 g/mol. The molecule has 1 aromatic rings. The molecule has 2 aliphatic carbocycles. The standard InChI is InChI=1S/C19H20Cl2O4/c1-3-19-6-5-12(22)8-13(19)16-11(9-19)7-14(17(20)18(16)21)25-10-15(23)24-4-2/h7-8H,3-6,9-10H2,1-2H3. The van der Waals surface area contributed by atoms with Crippen LogP contribution in [-0.2, 0) is 20.7 Å².